The molecule has 0 aliphatic heterocycles. The van der Waals surface area contributed by atoms with Gasteiger partial charge in [-0.2, -0.15) is 13.2 Å². The van der Waals surface area contributed by atoms with E-state index in [1.54, 1.807) is 30.3 Å². The van der Waals surface area contributed by atoms with Crippen molar-refractivity contribution in [3.63, 3.8) is 0 Å². The van der Waals surface area contributed by atoms with E-state index in [0.29, 0.717) is 5.56 Å². The third kappa shape index (κ3) is 4.59. The lowest BCUT2D eigenvalue weighted by molar-refractivity contribution is -0.140. The summed E-state index contributed by atoms with van der Waals surface area (Å²) in [5.41, 5.74) is -1.67. The number of hydrogen-bond acceptors (Lipinski definition) is 3. The highest BCUT2D eigenvalue weighted by molar-refractivity contribution is 5.96. The molecule has 0 fully saturated rings. The zero-order valence-electron chi connectivity index (χ0n) is 13.3. The zero-order valence-corrected chi connectivity index (χ0v) is 13.3. The SMILES string of the molecule is CC(=O)c1ccc(OCc2ccccc2)c(CC(=O)O)c1C(F)(F)F. The third-order valence-electron chi connectivity index (χ3n) is 3.50. The highest BCUT2D eigenvalue weighted by atomic mass is 19.4. The number of hydrogen-bond donors (Lipinski definition) is 1. The Morgan fingerprint density at radius 1 is 1.08 bits per heavy atom. The molecule has 0 bridgehead atoms. The van der Waals surface area contributed by atoms with Crippen molar-refractivity contribution in [1.29, 1.82) is 0 Å². The van der Waals surface area contributed by atoms with Crippen LogP contribution >= 0.6 is 0 Å². The fourth-order valence-electron chi connectivity index (χ4n) is 2.44. The molecule has 0 saturated carbocycles. The second-order valence-corrected chi connectivity index (χ2v) is 5.36. The minimum atomic E-state index is -4.88. The van der Waals surface area contributed by atoms with E-state index in [1.165, 1.54) is 6.07 Å². The number of carboxylic acid groups (broad SMARTS) is 1. The third-order valence-corrected chi connectivity index (χ3v) is 3.50. The van der Waals surface area contributed by atoms with Crippen molar-refractivity contribution in [3.8, 4) is 5.75 Å². The van der Waals surface area contributed by atoms with Crippen LogP contribution in [0, 0.1) is 0 Å². The summed E-state index contributed by atoms with van der Waals surface area (Å²) in [6.07, 6.45) is -5.78. The molecular formula is C18H15F3O4. The van der Waals surface area contributed by atoms with Gasteiger partial charge in [-0.15, -0.1) is 0 Å². The van der Waals surface area contributed by atoms with Crippen molar-refractivity contribution in [2.24, 2.45) is 0 Å². The summed E-state index contributed by atoms with van der Waals surface area (Å²) < 4.78 is 45.8. The first-order chi connectivity index (χ1) is 11.7. The summed E-state index contributed by atoms with van der Waals surface area (Å²) in [5.74, 6) is -2.45. The Bertz CT molecular complexity index is 783. The van der Waals surface area contributed by atoms with Crippen LogP contribution in [0.25, 0.3) is 0 Å². The first-order valence-electron chi connectivity index (χ1n) is 7.32. The molecule has 132 valence electrons. The lowest BCUT2D eigenvalue weighted by Gasteiger charge is -2.19. The molecule has 0 atom stereocenters. The number of ether oxygens (including phenoxy) is 1. The predicted octanol–water partition coefficient (Wildman–Crippen LogP) is 4.11. The highest BCUT2D eigenvalue weighted by Crippen LogP contribution is 2.39. The van der Waals surface area contributed by atoms with Crippen LogP contribution in [0.15, 0.2) is 42.5 Å². The van der Waals surface area contributed by atoms with E-state index in [2.05, 4.69) is 0 Å². The van der Waals surface area contributed by atoms with E-state index in [1.807, 2.05) is 0 Å². The molecule has 0 heterocycles. The largest absolute Gasteiger partial charge is 0.489 e. The Kier molecular flexibility index (Phi) is 5.46. The Morgan fingerprint density at radius 3 is 2.24 bits per heavy atom. The van der Waals surface area contributed by atoms with Crippen molar-refractivity contribution in [2.45, 2.75) is 26.1 Å². The molecule has 2 aromatic carbocycles. The second-order valence-electron chi connectivity index (χ2n) is 5.36. The van der Waals surface area contributed by atoms with Gasteiger partial charge < -0.3 is 9.84 Å². The maximum Gasteiger partial charge on any atom is 0.417 e. The van der Waals surface area contributed by atoms with Gasteiger partial charge in [0.2, 0.25) is 0 Å². The normalized spacial score (nSPS) is 11.2. The predicted molar refractivity (Wildman–Crippen MR) is 83.6 cm³/mol. The molecular weight excluding hydrogens is 337 g/mol. The fraction of sp³-hybridized carbons (Fsp3) is 0.222. The molecule has 0 aromatic heterocycles. The topological polar surface area (TPSA) is 63.6 Å². The molecule has 25 heavy (non-hydrogen) atoms. The molecule has 4 nitrogen and oxygen atoms in total. The zero-order chi connectivity index (χ0) is 18.6. The quantitative estimate of drug-likeness (QED) is 0.795. The van der Waals surface area contributed by atoms with Gasteiger partial charge in [-0.25, -0.2) is 0 Å². The van der Waals surface area contributed by atoms with Crippen molar-refractivity contribution >= 4 is 11.8 Å². The molecule has 0 spiro atoms. The van der Waals surface area contributed by atoms with Crippen molar-refractivity contribution in [2.75, 3.05) is 0 Å². The van der Waals surface area contributed by atoms with Gasteiger partial charge >= 0.3 is 12.1 Å². The molecule has 0 aliphatic carbocycles. The molecule has 2 rings (SSSR count). The Labute approximate surface area is 141 Å². The van der Waals surface area contributed by atoms with Crippen LogP contribution in [0.5, 0.6) is 5.75 Å². The molecule has 1 N–H and O–H groups in total. The average Bonchev–Trinajstić information content (AvgIpc) is 2.52. The number of alkyl halides is 3. The van der Waals surface area contributed by atoms with E-state index < -0.39 is 41.0 Å². The van der Waals surface area contributed by atoms with Crippen LogP contribution in [-0.4, -0.2) is 16.9 Å². The van der Waals surface area contributed by atoms with Gasteiger partial charge in [0.25, 0.3) is 0 Å². The summed E-state index contributed by atoms with van der Waals surface area (Å²) in [4.78, 5) is 22.6. The van der Waals surface area contributed by atoms with Crippen molar-refractivity contribution in [1.82, 2.24) is 0 Å². The first kappa shape index (κ1) is 18.5. The van der Waals surface area contributed by atoms with Crippen LogP contribution in [0.2, 0.25) is 0 Å². The molecule has 0 aliphatic rings. The summed E-state index contributed by atoms with van der Waals surface area (Å²) in [5, 5.41) is 8.99. The number of benzene rings is 2. The van der Waals surface area contributed by atoms with Gasteiger partial charge in [-0.05, 0) is 24.6 Å². The second kappa shape index (κ2) is 7.38. The number of carbonyl (C=O) groups excluding carboxylic acids is 1. The lowest BCUT2D eigenvalue weighted by atomic mass is 9.95. The Hall–Kier alpha value is -2.83. The Morgan fingerprint density at radius 2 is 1.72 bits per heavy atom. The molecule has 0 unspecified atom stereocenters. The maximum absolute atomic E-state index is 13.5. The molecule has 2 aromatic rings. The van der Waals surface area contributed by atoms with Crippen LogP contribution in [0.4, 0.5) is 13.2 Å². The average molecular weight is 352 g/mol. The number of carbonyl (C=O) groups is 2. The summed E-state index contributed by atoms with van der Waals surface area (Å²) in [6.45, 7) is 0.976. The van der Waals surface area contributed by atoms with Gasteiger partial charge in [-0.3, -0.25) is 9.59 Å². The van der Waals surface area contributed by atoms with Crippen LogP contribution in [0.1, 0.15) is 34.0 Å². The number of halogens is 3. The van der Waals surface area contributed by atoms with E-state index in [-0.39, 0.29) is 12.4 Å². The van der Waals surface area contributed by atoms with Gasteiger partial charge in [0.1, 0.15) is 12.4 Å². The lowest BCUT2D eigenvalue weighted by Crippen LogP contribution is -2.18. The van der Waals surface area contributed by atoms with E-state index in [0.717, 1.165) is 13.0 Å². The van der Waals surface area contributed by atoms with E-state index in [4.69, 9.17) is 9.84 Å². The number of rotatable bonds is 6. The van der Waals surface area contributed by atoms with Crippen molar-refractivity contribution < 1.29 is 32.6 Å². The van der Waals surface area contributed by atoms with Crippen LogP contribution in [-0.2, 0) is 24.0 Å². The minimum absolute atomic E-state index is 0.0236. The van der Waals surface area contributed by atoms with Crippen molar-refractivity contribution in [3.05, 3.63) is 64.7 Å². The van der Waals surface area contributed by atoms with Gasteiger partial charge in [0.15, 0.2) is 5.78 Å². The summed E-state index contributed by atoms with van der Waals surface area (Å²) in [6, 6.07) is 10.9. The van der Waals surface area contributed by atoms with Gasteiger partial charge in [0, 0.05) is 11.1 Å². The number of carboxylic acids is 1. The highest BCUT2D eigenvalue weighted by Gasteiger charge is 2.39. The maximum atomic E-state index is 13.5. The number of aliphatic carboxylic acids is 1. The molecule has 0 radical (unpaired) electrons. The smallest absolute Gasteiger partial charge is 0.417 e. The Balaban J connectivity index is 2.51. The molecule has 7 heteroatoms. The van der Waals surface area contributed by atoms with Crippen LogP contribution < -0.4 is 4.74 Å². The molecule has 0 amide bonds. The minimum Gasteiger partial charge on any atom is -0.489 e. The van der Waals surface area contributed by atoms with Crippen LogP contribution in [0.3, 0.4) is 0 Å². The molecule has 0 saturated heterocycles. The standard InChI is InChI=1S/C18H15F3O4/c1-11(22)13-7-8-15(25-10-12-5-3-2-4-6-12)14(9-16(23)24)17(13)18(19,20)21/h2-8H,9-10H2,1H3,(H,23,24). The monoisotopic (exact) mass is 352 g/mol. The van der Waals surface area contributed by atoms with E-state index >= 15 is 0 Å². The summed E-state index contributed by atoms with van der Waals surface area (Å²) in [7, 11) is 0. The fourth-order valence-corrected chi connectivity index (χ4v) is 2.44. The van der Waals surface area contributed by atoms with Gasteiger partial charge in [0.05, 0.1) is 12.0 Å². The van der Waals surface area contributed by atoms with Gasteiger partial charge in [-0.1, -0.05) is 30.3 Å². The number of Topliss-reactive ketones (excluding diaryl/α,β-unsaturated/α-hetero) is 1. The first-order valence-corrected chi connectivity index (χ1v) is 7.32. The number of ketones is 1. The summed E-state index contributed by atoms with van der Waals surface area (Å²) >= 11 is 0. The van der Waals surface area contributed by atoms with E-state index in [9.17, 15) is 22.8 Å².